The fourth-order valence-electron chi connectivity index (χ4n) is 0.826. The maximum atomic E-state index is 5.37. The summed E-state index contributed by atoms with van der Waals surface area (Å²) in [5.74, 6) is 0.731. The molecule has 0 bridgehead atoms. The molecular formula is C8H12N4S. The first-order valence-electron chi connectivity index (χ1n) is 3.98. The summed E-state index contributed by atoms with van der Waals surface area (Å²) in [5, 5.41) is 3.11. The molecule has 0 spiro atoms. The molecule has 1 aromatic heterocycles. The Hall–Kier alpha value is -1.23. The van der Waals surface area contributed by atoms with Gasteiger partial charge in [-0.25, -0.2) is 9.97 Å². The lowest BCUT2D eigenvalue weighted by Gasteiger charge is -2.07. The molecule has 0 fully saturated rings. The Balaban J connectivity index is 2.75. The monoisotopic (exact) mass is 196 g/mol. The Bertz CT molecular complexity index is 294. The van der Waals surface area contributed by atoms with E-state index in [4.69, 9.17) is 18.0 Å². The lowest BCUT2D eigenvalue weighted by atomic mass is 10.4. The van der Waals surface area contributed by atoms with E-state index in [9.17, 15) is 0 Å². The van der Waals surface area contributed by atoms with Crippen LogP contribution in [-0.2, 0) is 0 Å². The van der Waals surface area contributed by atoms with E-state index in [-0.39, 0.29) is 4.99 Å². The fraction of sp³-hybridized carbons (Fsp3) is 0.375. The first-order valence-corrected chi connectivity index (χ1v) is 4.39. The van der Waals surface area contributed by atoms with Crippen LogP contribution in [0.5, 0.6) is 0 Å². The van der Waals surface area contributed by atoms with Crippen LogP contribution in [-0.4, -0.2) is 21.0 Å². The standard InChI is InChI=1S/C8H12N4S/c1-5(2)12-7-4-10-6(3-11-7)8(9)13/h3-5H,1-2H3,(H2,9,13)(H,11,12). The summed E-state index contributed by atoms with van der Waals surface area (Å²) < 4.78 is 0. The molecule has 13 heavy (non-hydrogen) atoms. The highest BCUT2D eigenvalue weighted by atomic mass is 32.1. The SMILES string of the molecule is CC(C)Nc1cnc(C(N)=S)cn1. The molecule has 0 aliphatic carbocycles. The van der Waals surface area contributed by atoms with Crippen molar-refractivity contribution >= 4 is 23.0 Å². The van der Waals surface area contributed by atoms with Crippen molar-refractivity contribution in [3.63, 3.8) is 0 Å². The van der Waals surface area contributed by atoms with Crippen molar-refractivity contribution in [1.29, 1.82) is 0 Å². The van der Waals surface area contributed by atoms with Gasteiger partial charge in [0.15, 0.2) is 0 Å². The van der Waals surface area contributed by atoms with E-state index in [1.54, 1.807) is 12.4 Å². The van der Waals surface area contributed by atoms with Gasteiger partial charge >= 0.3 is 0 Å². The number of nitrogens with two attached hydrogens (primary N) is 1. The van der Waals surface area contributed by atoms with E-state index in [0.717, 1.165) is 5.82 Å². The molecule has 0 aliphatic rings. The smallest absolute Gasteiger partial charge is 0.144 e. The topological polar surface area (TPSA) is 63.8 Å². The predicted molar refractivity (Wildman–Crippen MR) is 56.7 cm³/mol. The number of rotatable bonds is 3. The maximum Gasteiger partial charge on any atom is 0.144 e. The Morgan fingerprint density at radius 3 is 2.54 bits per heavy atom. The minimum atomic E-state index is 0.267. The quantitative estimate of drug-likeness (QED) is 0.704. The Morgan fingerprint density at radius 2 is 2.15 bits per heavy atom. The molecule has 4 nitrogen and oxygen atoms in total. The van der Waals surface area contributed by atoms with E-state index >= 15 is 0 Å². The number of aromatic nitrogens is 2. The summed E-state index contributed by atoms with van der Waals surface area (Å²) >= 11 is 4.75. The van der Waals surface area contributed by atoms with E-state index in [1.165, 1.54) is 0 Å². The number of nitrogens with one attached hydrogen (secondary N) is 1. The summed E-state index contributed by atoms with van der Waals surface area (Å²) in [6.07, 6.45) is 3.18. The van der Waals surface area contributed by atoms with Gasteiger partial charge in [-0.05, 0) is 13.8 Å². The normalized spacial score (nSPS) is 10.1. The van der Waals surface area contributed by atoms with Crippen LogP contribution in [0, 0.1) is 0 Å². The third-order valence-corrected chi connectivity index (χ3v) is 1.55. The number of hydrogen-bond donors (Lipinski definition) is 2. The summed E-state index contributed by atoms with van der Waals surface area (Å²) in [7, 11) is 0. The minimum absolute atomic E-state index is 0.267. The highest BCUT2D eigenvalue weighted by Crippen LogP contribution is 2.02. The van der Waals surface area contributed by atoms with Gasteiger partial charge in [0.05, 0.1) is 12.4 Å². The average Bonchev–Trinajstić information content (AvgIpc) is 2.04. The molecule has 0 radical (unpaired) electrons. The van der Waals surface area contributed by atoms with Crippen LogP contribution in [0.15, 0.2) is 12.4 Å². The van der Waals surface area contributed by atoms with Gasteiger partial charge in [-0.2, -0.15) is 0 Å². The van der Waals surface area contributed by atoms with Crippen molar-refractivity contribution in [2.24, 2.45) is 5.73 Å². The number of hydrogen-bond acceptors (Lipinski definition) is 4. The zero-order valence-corrected chi connectivity index (χ0v) is 8.43. The largest absolute Gasteiger partial charge is 0.388 e. The molecule has 1 rings (SSSR count). The Morgan fingerprint density at radius 1 is 1.46 bits per heavy atom. The Labute approximate surface area is 82.6 Å². The van der Waals surface area contributed by atoms with Gasteiger partial charge in [0.25, 0.3) is 0 Å². The van der Waals surface area contributed by atoms with Crippen LogP contribution < -0.4 is 11.1 Å². The van der Waals surface area contributed by atoms with Gasteiger partial charge in [-0.15, -0.1) is 0 Å². The number of thiocarbonyl (C=S) groups is 1. The van der Waals surface area contributed by atoms with E-state index in [0.29, 0.717) is 11.7 Å². The molecule has 0 saturated carbocycles. The van der Waals surface area contributed by atoms with Gasteiger partial charge in [-0.1, -0.05) is 12.2 Å². The van der Waals surface area contributed by atoms with Gasteiger partial charge in [0.1, 0.15) is 16.5 Å². The van der Waals surface area contributed by atoms with Gasteiger partial charge in [0, 0.05) is 6.04 Å². The molecule has 0 aromatic carbocycles. The van der Waals surface area contributed by atoms with Gasteiger partial charge < -0.3 is 11.1 Å². The highest BCUT2D eigenvalue weighted by molar-refractivity contribution is 7.80. The molecule has 0 amide bonds. The van der Waals surface area contributed by atoms with Crippen LogP contribution in [0.2, 0.25) is 0 Å². The fourth-order valence-corrected chi connectivity index (χ4v) is 0.931. The Kier molecular flexibility index (Phi) is 3.13. The lowest BCUT2D eigenvalue weighted by Crippen LogP contribution is -2.14. The van der Waals surface area contributed by atoms with Crippen LogP contribution in [0.25, 0.3) is 0 Å². The van der Waals surface area contributed by atoms with E-state index in [1.807, 2.05) is 13.8 Å². The lowest BCUT2D eigenvalue weighted by molar-refractivity contribution is 0.885. The summed E-state index contributed by atoms with van der Waals surface area (Å²) in [6, 6.07) is 0.338. The molecule has 1 heterocycles. The van der Waals surface area contributed by atoms with Crippen LogP contribution in [0.1, 0.15) is 19.5 Å². The predicted octanol–water partition coefficient (Wildman–Crippen LogP) is 0.931. The zero-order chi connectivity index (χ0) is 9.84. The van der Waals surface area contributed by atoms with Crippen molar-refractivity contribution in [2.75, 3.05) is 5.32 Å². The average molecular weight is 196 g/mol. The summed E-state index contributed by atoms with van der Waals surface area (Å²) in [4.78, 5) is 8.41. The third-order valence-electron chi connectivity index (χ3n) is 1.34. The van der Waals surface area contributed by atoms with Gasteiger partial charge in [-0.3, -0.25) is 0 Å². The molecular weight excluding hydrogens is 184 g/mol. The molecule has 1 aromatic rings. The second-order valence-corrected chi connectivity index (χ2v) is 3.39. The molecule has 0 saturated heterocycles. The van der Waals surface area contributed by atoms with E-state index in [2.05, 4.69) is 15.3 Å². The van der Waals surface area contributed by atoms with Crippen molar-refractivity contribution in [1.82, 2.24) is 9.97 Å². The highest BCUT2D eigenvalue weighted by Gasteiger charge is 2.00. The molecule has 0 aliphatic heterocycles. The second-order valence-electron chi connectivity index (χ2n) is 2.95. The van der Waals surface area contributed by atoms with Crippen LogP contribution in [0.3, 0.4) is 0 Å². The van der Waals surface area contributed by atoms with Crippen LogP contribution >= 0.6 is 12.2 Å². The number of anilines is 1. The molecule has 3 N–H and O–H groups in total. The first kappa shape index (κ1) is 9.85. The van der Waals surface area contributed by atoms with Crippen molar-refractivity contribution in [2.45, 2.75) is 19.9 Å². The molecule has 0 atom stereocenters. The van der Waals surface area contributed by atoms with E-state index < -0.39 is 0 Å². The molecule has 70 valence electrons. The van der Waals surface area contributed by atoms with Gasteiger partial charge in [0.2, 0.25) is 0 Å². The van der Waals surface area contributed by atoms with Crippen LogP contribution in [0.4, 0.5) is 5.82 Å². The molecule has 0 unspecified atom stereocenters. The minimum Gasteiger partial charge on any atom is -0.388 e. The van der Waals surface area contributed by atoms with Crippen molar-refractivity contribution < 1.29 is 0 Å². The number of nitrogens with zero attached hydrogens (tertiary/aromatic N) is 2. The van der Waals surface area contributed by atoms with Crippen molar-refractivity contribution in [3.05, 3.63) is 18.1 Å². The first-order chi connectivity index (χ1) is 6.09. The molecule has 5 heteroatoms. The zero-order valence-electron chi connectivity index (χ0n) is 7.61. The van der Waals surface area contributed by atoms with Crippen molar-refractivity contribution in [3.8, 4) is 0 Å². The summed E-state index contributed by atoms with van der Waals surface area (Å²) in [6.45, 7) is 4.06. The maximum absolute atomic E-state index is 5.37. The summed E-state index contributed by atoms with van der Waals surface area (Å²) in [5.41, 5.74) is 5.92. The third kappa shape index (κ3) is 2.95. The second kappa shape index (κ2) is 4.13.